The van der Waals surface area contributed by atoms with Gasteiger partial charge in [0.2, 0.25) is 0 Å². The molecule has 9 heteroatoms. The fourth-order valence-electron chi connectivity index (χ4n) is 3.53. The number of amides is 2. The van der Waals surface area contributed by atoms with Gasteiger partial charge in [-0.05, 0) is 54.3 Å². The summed E-state index contributed by atoms with van der Waals surface area (Å²) in [5, 5.41) is 8.67. The second-order valence-corrected chi connectivity index (χ2v) is 8.41. The Morgan fingerprint density at radius 2 is 2.03 bits per heavy atom. The van der Waals surface area contributed by atoms with Gasteiger partial charge in [-0.2, -0.15) is 0 Å². The van der Waals surface area contributed by atoms with E-state index < -0.39 is 12.6 Å². The van der Waals surface area contributed by atoms with Crippen LogP contribution >= 0.6 is 23.4 Å². The quantitative estimate of drug-likeness (QED) is 0.628. The average molecular weight is 440 g/mol. The fourth-order valence-corrected chi connectivity index (χ4v) is 4.66. The molecule has 1 N–H and O–H groups in total. The number of hydrogen-bond donors (Lipinski definition) is 1. The Bertz CT molecular complexity index is 850. The van der Waals surface area contributed by atoms with Crippen LogP contribution in [0.5, 0.6) is 11.5 Å². The first-order chi connectivity index (χ1) is 13.9. The van der Waals surface area contributed by atoms with Crippen molar-refractivity contribution in [2.45, 2.75) is 32.1 Å². The van der Waals surface area contributed by atoms with Crippen LogP contribution < -0.4 is 9.47 Å². The Hall–Kier alpha value is -2.19. The van der Waals surface area contributed by atoms with Crippen LogP contribution in [0.1, 0.15) is 37.7 Å². The van der Waals surface area contributed by atoms with Crippen LogP contribution in [0.3, 0.4) is 0 Å². The number of carbonyl (C=O) groups is 3. The molecule has 1 aromatic carbocycles. The summed E-state index contributed by atoms with van der Waals surface area (Å²) in [4.78, 5) is 37.5. The summed E-state index contributed by atoms with van der Waals surface area (Å²) in [7, 11) is 1.40. The largest absolute Gasteiger partial charge is 0.493 e. The Morgan fingerprint density at radius 1 is 1.31 bits per heavy atom. The zero-order valence-electron chi connectivity index (χ0n) is 16.0. The van der Waals surface area contributed by atoms with Crippen LogP contribution in [0.25, 0.3) is 6.08 Å². The standard InChI is InChI=1S/C20H22ClNO6S/c1-27-15-8-13(7-14(21)18(15)28-11-17(23)24)9-16-19(25)22(20(26)29-16)10-12-5-3-2-4-6-12/h7-9,12H,2-6,10-11H2,1H3,(H,23,24)/b16-9+. The lowest BCUT2D eigenvalue weighted by atomic mass is 9.89. The number of benzene rings is 1. The molecular formula is C20H22ClNO6S. The molecule has 0 atom stereocenters. The molecule has 2 fully saturated rings. The summed E-state index contributed by atoms with van der Waals surface area (Å²) in [5.74, 6) is -0.715. The Balaban J connectivity index is 1.78. The Morgan fingerprint density at radius 3 is 2.69 bits per heavy atom. The maximum Gasteiger partial charge on any atom is 0.341 e. The fraction of sp³-hybridized carbons (Fsp3) is 0.450. The summed E-state index contributed by atoms with van der Waals surface area (Å²) in [5.41, 5.74) is 0.553. The predicted molar refractivity (Wildman–Crippen MR) is 110 cm³/mol. The van der Waals surface area contributed by atoms with Gasteiger partial charge in [0.05, 0.1) is 17.0 Å². The third-order valence-electron chi connectivity index (χ3n) is 4.93. The van der Waals surface area contributed by atoms with E-state index in [1.54, 1.807) is 12.1 Å². The number of carbonyl (C=O) groups excluding carboxylic acids is 2. The van der Waals surface area contributed by atoms with Crippen LogP contribution in [0.2, 0.25) is 5.02 Å². The van der Waals surface area contributed by atoms with Gasteiger partial charge in [0.1, 0.15) is 0 Å². The van der Waals surface area contributed by atoms with E-state index in [0.717, 1.165) is 37.4 Å². The Kier molecular flexibility index (Phi) is 7.08. The molecule has 156 valence electrons. The minimum atomic E-state index is -1.14. The van der Waals surface area contributed by atoms with Gasteiger partial charge in [-0.3, -0.25) is 14.5 Å². The maximum absolute atomic E-state index is 12.7. The van der Waals surface area contributed by atoms with Gasteiger partial charge in [0, 0.05) is 6.54 Å². The smallest absolute Gasteiger partial charge is 0.341 e. The van der Waals surface area contributed by atoms with Gasteiger partial charge in [0.25, 0.3) is 11.1 Å². The number of ether oxygens (including phenoxy) is 2. The second-order valence-electron chi connectivity index (χ2n) is 7.01. The molecule has 1 aromatic rings. The van der Waals surface area contributed by atoms with Gasteiger partial charge in [-0.25, -0.2) is 4.79 Å². The summed E-state index contributed by atoms with van der Waals surface area (Å²) in [6.45, 7) is -0.0937. The highest BCUT2D eigenvalue weighted by Crippen LogP contribution is 2.39. The highest BCUT2D eigenvalue weighted by atomic mass is 35.5. The van der Waals surface area contributed by atoms with E-state index in [0.29, 0.717) is 22.9 Å². The van der Waals surface area contributed by atoms with E-state index in [2.05, 4.69) is 0 Å². The number of methoxy groups -OCH3 is 1. The molecule has 0 aromatic heterocycles. The number of hydrogen-bond acceptors (Lipinski definition) is 6. The van der Waals surface area contributed by atoms with Crippen molar-refractivity contribution in [3.8, 4) is 11.5 Å². The molecule has 1 saturated heterocycles. The van der Waals surface area contributed by atoms with Crippen molar-refractivity contribution in [3.63, 3.8) is 0 Å². The predicted octanol–water partition coefficient (Wildman–Crippen LogP) is 4.43. The van der Waals surface area contributed by atoms with Crippen LogP contribution in [0.15, 0.2) is 17.0 Å². The Labute approximate surface area is 178 Å². The lowest BCUT2D eigenvalue weighted by Gasteiger charge is -2.25. The van der Waals surface area contributed by atoms with Crippen molar-refractivity contribution in [2.24, 2.45) is 5.92 Å². The number of carboxylic acids is 1. The van der Waals surface area contributed by atoms with Gasteiger partial charge in [-0.1, -0.05) is 30.9 Å². The topological polar surface area (TPSA) is 93.1 Å². The zero-order valence-corrected chi connectivity index (χ0v) is 17.6. The van der Waals surface area contributed by atoms with Crippen molar-refractivity contribution in [1.82, 2.24) is 4.90 Å². The van der Waals surface area contributed by atoms with E-state index in [9.17, 15) is 14.4 Å². The summed E-state index contributed by atoms with van der Waals surface area (Å²) in [6.07, 6.45) is 7.18. The first kappa shape index (κ1) is 21.5. The van der Waals surface area contributed by atoms with Crippen molar-refractivity contribution < 1.29 is 29.0 Å². The van der Waals surface area contributed by atoms with E-state index in [-0.39, 0.29) is 27.7 Å². The number of carboxylic acid groups (broad SMARTS) is 1. The summed E-state index contributed by atoms with van der Waals surface area (Å²) < 4.78 is 10.4. The highest BCUT2D eigenvalue weighted by molar-refractivity contribution is 8.18. The van der Waals surface area contributed by atoms with E-state index in [4.69, 9.17) is 26.2 Å². The monoisotopic (exact) mass is 439 g/mol. The first-order valence-electron chi connectivity index (χ1n) is 9.36. The molecule has 7 nitrogen and oxygen atoms in total. The maximum atomic E-state index is 12.7. The lowest BCUT2D eigenvalue weighted by Crippen LogP contribution is -2.34. The molecular weight excluding hydrogens is 418 g/mol. The molecule has 1 saturated carbocycles. The molecule has 0 spiro atoms. The number of imide groups is 1. The molecule has 29 heavy (non-hydrogen) atoms. The zero-order chi connectivity index (χ0) is 21.0. The van der Waals surface area contributed by atoms with Crippen molar-refractivity contribution in [2.75, 3.05) is 20.3 Å². The lowest BCUT2D eigenvalue weighted by molar-refractivity contribution is -0.139. The number of halogens is 1. The molecule has 1 aliphatic carbocycles. The average Bonchev–Trinajstić information content (AvgIpc) is 2.94. The molecule has 0 unspecified atom stereocenters. The van der Waals surface area contributed by atoms with Crippen LogP contribution in [-0.2, 0) is 9.59 Å². The van der Waals surface area contributed by atoms with E-state index in [1.165, 1.54) is 24.5 Å². The number of nitrogens with zero attached hydrogens (tertiary/aromatic N) is 1. The number of thioether (sulfide) groups is 1. The summed E-state index contributed by atoms with van der Waals surface area (Å²) >= 11 is 7.12. The number of rotatable bonds is 7. The third-order valence-corrected chi connectivity index (χ3v) is 6.12. The second kappa shape index (κ2) is 9.54. The molecule has 0 radical (unpaired) electrons. The number of aliphatic carboxylic acids is 1. The van der Waals surface area contributed by atoms with Crippen molar-refractivity contribution >= 4 is 46.6 Å². The minimum Gasteiger partial charge on any atom is -0.493 e. The molecule has 2 aliphatic rings. The van der Waals surface area contributed by atoms with Crippen molar-refractivity contribution in [1.29, 1.82) is 0 Å². The molecule has 0 bridgehead atoms. The SMILES string of the molecule is COc1cc(/C=C2/SC(=O)N(CC3CCCCC3)C2=O)cc(Cl)c1OCC(=O)O. The van der Waals surface area contributed by atoms with Gasteiger partial charge in [0.15, 0.2) is 18.1 Å². The first-order valence-corrected chi connectivity index (χ1v) is 10.6. The molecule has 1 heterocycles. The van der Waals surface area contributed by atoms with E-state index >= 15 is 0 Å². The third kappa shape index (κ3) is 5.25. The van der Waals surface area contributed by atoms with Crippen LogP contribution in [-0.4, -0.2) is 47.4 Å². The van der Waals surface area contributed by atoms with Crippen LogP contribution in [0.4, 0.5) is 4.79 Å². The molecule has 1 aliphatic heterocycles. The van der Waals surface area contributed by atoms with Gasteiger partial charge < -0.3 is 14.6 Å². The summed E-state index contributed by atoms with van der Waals surface area (Å²) in [6, 6.07) is 3.12. The van der Waals surface area contributed by atoms with Crippen LogP contribution in [0, 0.1) is 5.92 Å². The van der Waals surface area contributed by atoms with Crippen molar-refractivity contribution in [3.05, 3.63) is 27.6 Å². The minimum absolute atomic E-state index is 0.110. The highest BCUT2D eigenvalue weighted by Gasteiger charge is 2.36. The van der Waals surface area contributed by atoms with Gasteiger partial charge in [-0.15, -0.1) is 0 Å². The van der Waals surface area contributed by atoms with Gasteiger partial charge >= 0.3 is 5.97 Å². The normalized spacial score (nSPS) is 19.1. The molecule has 2 amide bonds. The molecule has 3 rings (SSSR count). The van der Waals surface area contributed by atoms with E-state index in [1.807, 2.05) is 0 Å².